The van der Waals surface area contributed by atoms with Gasteiger partial charge in [-0.05, 0) is 31.9 Å². The van der Waals surface area contributed by atoms with Crippen LogP contribution in [0.15, 0.2) is 0 Å². The molecule has 17 heavy (non-hydrogen) atoms. The second-order valence-electron chi connectivity index (χ2n) is 4.13. The van der Waals surface area contributed by atoms with E-state index in [0.29, 0.717) is 24.8 Å². The van der Waals surface area contributed by atoms with E-state index in [9.17, 15) is 4.79 Å². The van der Waals surface area contributed by atoms with Gasteiger partial charge in [0.05, 0.1) is 19.7 Å². The molecule has 1 amide bonds. The Hall–Kier alpha value is -1.29. The second kappa shape index (κ2) is 4.53. The van der Waals surface area contributed by atoms with Crippen molar-refractivity contribution in [3.8, 4) is 0 Å². The lowest BCUT2D eigenvalue weighted by atomic mass is 10.1. The van der Waals surface area contributed by atoms with E-state index in [1.165, 1.54) is 0 Å². The zero-order valence-corrected chi connectivity index (χ0v) is 11.0. The van der Waals surface area contributed by atoms with Crippen molar-refractivity contribution in [1.82, 2.24) is 9.88 Å². The molecule has 0 saturated heterocycles. The minimum Gasteiger partial charge on any atom is -0.450 e. The van der Waals surface area contributed by atoms with Gasteiger partial charge < -0.3 is 4.74 Å². The van der Waals surface area contributed by atoms with Crippen LogP contribution in [0.5, 0.6) is 0 Å². The number of fused-ring (bicyclic) bond motifs is 1. The van der Waals surface area contributed by atoms with Crippen molar-refractivity contribution in [3.63, 3.8) is 0 Å². The number of aromatic nitrogens is 1. The van der Waals surface area contributed by atoms with Crippen molar-refractivity contribution < 1.29 is 9.53 Å². The van der Waals surface area contributed by atoms with Gasteiger partial charge in [-0.2, -0.15) is 0 Å². The number of halogens is 1. The molecule has 2 heterocycles. The third-order valence-corrected chi connectivity index (χ3v) is 3.41. The summed E-state index contributed by atoms with van der Waals surface area (Å²) < 4.78 is 4.99. The fraction of sp³-hybridized carbons (Fsp3) is 0.500. The first-order chi connectivity index (χ1) is 8.04. The monoisotopic (exact) mass is 254 g/mol. The Labute approximate surface area is 106 Å². The molecule has 0 radical (unpaired) electrons. The number of pyridine rings is 1. The topological polar surface area (TPSA) is 42.4 Å². The van der Waals surface area contributed by atoms with E-state index in [-0.39, 0.29) is 6.09 Å². The molecule has 0 aromatic carbocycles. The number of rotatable bonds is 1. The van der Waals surface area contributed by atoms with Crippen LogP contribution in [0.2, 0.25) is 5.15 Å². The lowest BCUT2D eigenvalue weighted by Gasteiger charge is -2.14. The molecule has 0 fully saturated rings. The molecule has 1 aromatic rings. The highest BCUT2D eigenvalue weighted by atomic mass is 35.5. The Kier molecular flexibility index (Phi) is 3.24. The quantitative estimate of drug-likeness (QED) is 0.724. The van der Waals surface area contributed by atoms with E-state index in [0.717, 1.165) is 22.4 Å². The molecular formula is C12H15ClN2O2. The van der Waals surface area contributed by atoms with Crippen molar-refractivity contribution in [2.45, 2.75) is 33.9 Å². The molecule has 2 rings (SSSR count). The summed E-state index contributed by atoms with van der Waals surface area (Å²) in [6.45, 7) is 7.16. The van der Waals surface area contributed by atoms with Crippen LogP contribution < -0.4 is 0 Å². The Morgan fingerprint density at radius 1 is 1.41 bits per heavy atom. The maximum atomic E-state index is 11.7. The highest BCUT2D eigenvalue weighted by molar-refractivity contribution is 6.30. The van der Waals surface area contributed by atoms with Gasteiger partial charge >= 0.3 is 6.09 Å². The summed E-state index contributed by atoms with van der Waals surface area (Å²) in [7, 11) is 0. The van der Waals surface area contributed by atoms with Gasteiger partial charge in [-0.3, -0.25) is 4.90 Å². The summed E-state index contributed by atoms with van der Waals surface area (Å²) in [4.78, 5) is 17.6. The fourth-order valence-electron chi connectivity index (χ4n) is 2.02. The first-order valence-electron chi connectivity index (χ1n) is 5.60. The molecule has 0 unspecified atom stereocenters. The third-order valence-electron chi connectivity index (χ3n) is 3.10. The molecule has 0 aliphatic carbocycles. The molecule has 1 aliphatic rings. The largest absolute Gasteiger partial charge is 0.450 e. The first kappa shape index (κ1) is 12.2. The molecule has 0 bridgehead atoms. The van der Waals surface area contributed by atoms with Gasteiger partial charge in [-0.1, -0.05) is 11.6 Å². The Balaban J connectivity index is 2.30. The molecule has 1 aromatic heterocycles. The lowest BCUT2D eigenvalue weighted by molar-refractivity contribution is 0.106. The molecular weight excluding hydrogens is 240 g/mol. The van der Waals surface area contributed by atoms with E-state index in [1.807, 2.05) is 13.8 Å². The third kappa shape index (κ3) is 2.09. The minimum atomic E-state index is -0.295. The predicted molar refractivity (Wildman–Crippen MR) is 65.0 cm³/mol. The van der Waals surface area contributed by atoms with E-state index in [2.05, 4.69) is 4.98 Å². The maximum absolute atomic E-state index is 11.7. The Morgan fingerprint density at radius 3 is 2.71 bits per heavy atom. The van der Waals surface area contributed by atoms with Gasteiger partial charge in [-0.25, -0.2) is 9.78 Å². The standard InChI is InChI=1S/C12H15ClN2O2/c1-4-17-12(16)15-5-9-7(2)8(3)14-11(13)10(9)6-15/h4-6H2,1-3H3. The SMILES string of the molecule is CCOC(=O)N1Cc2c(Cl)nc(C)c(C)c2C1. The number of hydrogen-bond donors (Lipinski definition) is 0. The number of nitrogens with zero attached hydrogens (tertiary/aromatic N) is 2. The lowest BCUT2D eigenvalue weighted by Crippen LogP contribution is -2.26. The minimum absolute atomic E-state index is 0.295. The summed E-state index contributed by atoms with van der Waals surface area (Å²) in [5.74, 6) is 0. The summed E-state index contributed by atoms with van der Waals surface area (Å²) in [5, 5.41) is 0.495. The molecule has 0 atom stereocenters. The average molecular weight is 255 g/mol. The van der Waals surface area contributed by atoms with Crippen LogP contribution in [0.3, 0.4) is 0 Å². The summed E-state index contributed by atoms with van der Waals surface area (Å²) >= 11 is 6.10. The van der Waals surface area contributed by atoms with Crippen LogP contribution in [-0.2, 0) is 17.8 Å². The highest BCUT2D eigenvalue weighted by Gasteiger charge is 2.28. The van der Waals surface area contributed by atoms with E-state index >= 15 is 0 Å². The molecule has 1 aliphatic heterocycles. The van der Waals surface area contributed by atoms with Gasteiger partial charge in [0.1, 0.15) is 5.15 Å². The number of carbonyl (C=O) groups is 1. The summed E-state index contributed by atoms with van der Waals surface area (Å²) in [6, 6.07) is 0. The average Bonchev–Trinajstić information content (AvgIpc) is 2.72. The number of amides is 1. The van der Waals surface area contributed by atoms with E-state index in [4.69, 9.17) is 16.3 Å². The number of carbonyl (C=O) groups excluding carboxylic acids is 1. The number of ether oxygens (including phenoxy) is 1. The molecule has 0 N–H and O–H groups in total. The molecule has 92 valence electrons. The van der Waals surface area contributed by atoms with Gasteiger partial charge in [0.2, 0.25) is 0 Å². The van der Waals surface area contributed by atoms with Crippen LogP contribution in [0.25, 0.3) is 0 Å². The smallest absolute Gasteiger partial charge is 0.410 e. The van der Waals surface area contributed by atoms with E-state index in [1.54, 1.807) is 11.8 Å². The van der Waals surface area contributed by atoms with Crippen LogP contribution in [0.4, 0.5) is 4.79 Å². The van der Waals surface area contributed by atoms with Crippen LogP contribution in [0.1, 0.15) is 29.3 Å². The van der Waals surface area contributed by atoms with Crippen LogP contribution in [-0.4, -0.2) is 22.6 Å². The van der Waals surface area contributed by atoms with Crippen molar-refractivity contribution in [1.29, 1.82) is 0 Å². The van der Waals surface area contributed by atoms with Gasteiger partial charge in [0.25, 0.3) is 0 Å². The molecule has 0 saturated carbocycles. The van der Waals surface area contributed by atoms with Crippen molar-refractivity contribution in [2.24, 2.45) is 0 Å². The zero-order chi connectivity index (χ0) is 12.6. The molecule has 5 heteroatoms. The van der Waals surface area contributed by atoms with Crippen LogP contribution in [0, 0.1) is 13.8 Å². The Morgan fingerprint density at radius 2 is 2.06 bits per heavy atom. The number of aryl methyl sites for hydroxylation is 1. The Bertz CT molecular complexity index is 474. The van der Waals surface area contributed by atoms with Crippen molar-refractivity contribution >= 4 is 17.7 Å². The molecule has 0 spiro atoms. The number of hydrogen-bond acceptors (Lipinski definition) is 3. The normalized spacial score (nSPS) is 13.8. The van der Waals surface area contributed by atoms with Gasteiger partial charge in [0, 0.05) is 11.3 Å². The van der Waals surface area contributed by atoms with Crippen molar-refractivity contribution in [2.75, 3.05) is 6.61 Å². The fourth-order valence-corrected chi connectivity index (χ4v) is 2.32. The maximum Gasteiger partial charge on any atom is 0.410 e. The van der Waals surface area contributed by atoms with Crippen LogP contribution >= 0.6 is 11.6 Å². The van der Waals surface area contributed by atoms with Gasteiger partial charge in [0.15, 0.2) is 0 Å². The summed E-state index contributed by atoms with van der Waals surface area (Å²) in [5.41, 5.74) is 4.08. The zero-order valence-electron chi connectivity index (χ0n) is 10.2. The molecule has 4 nitrogen and oxygen atoms in total. The van der Waals surface area contributed by atoms with Crippen molar-refractivity contribution in [3.05, 3.63) is 27.5 Å². The second-order valence-corrected chi connectivity index (χ2v) is 4.48. The van der Waals surface area contributed by atoms with E-state index < -0.39 is 0 Å². The highest BCUT2D eigenvalue weighted by Crippen LogP contribution is 2.31. The first-order valence-corrected chi connectivity index (χ1v) is 5.98. The van der Waals surface area contributed by atoms with Gasteiger partial charge in [-0.15, -0.1) is 0 Å². The summed E-state index contributed by atoms with van der Waals surface area (Å²) in [6.07, 6.45) is -0.295. The predicted octanol–water partition coefficient (Wildman–Crippen LogP) is 2.82.